The molecule has 0 bridgehead atoms. The van der Waals surface area contributed by atoms with Gasteiger partial charge in [-0.15, -0.1) is 0 Å². The van der Waals surface area contributed by atoms with Gasteiger partial charge in [0.25, 0.3) is 5.91 Å². The molecule has 2 aromatic carbocycles. The molecule has 28 heavy (non-hydrogen) atoms. The second-order valence-corrected chi connectivity index (χ2v) is 7.24. The fourth-order valence-corrected chi connectivity index (χ4v) is 3.85. The van der Waals surface area contributed by atoms with Crippen LogP contribution in [0.15, 0.2) is 53.2 Å². The van der Waals surface area contributed by atoms with E-state index in [2.05, 4.69) is 21.5 Å². The molecule has 0 unspecified atom stereocenters. The standard InChI is InChI=1S/C21H17Cl2N3O2/c1-12-18(20(26-28-12)19-15(22)6-4-7-16(19)23)21(27)24-10-9-13-11-25-17-8-3-2-5-14(13)17/h2-8,11,25H,9-10H2,1H3,(H,24,27). The molecule has 0 atom stereocenters. The van der Waals surface area contributed by atoms with Gasteiger partial charge in [0.1, 0.15) is 17.0 Å². The van der Waals surface area contributed by atoms with Crippen LogP contribution in [-0.4, -0.2) is 22.6 Å². The highest BCUT2D eigenvalue weighted by Gasteiger charge is 2.24. The van der Waals surface area contributed by atoms with Gasteiger partial charge >= 0.3 is 0 Å². The highest BCUT2D eigenvalue weighted by atomic mass is 35.5. The summed E-state index contributed by atoms with van der Waals surface area (Å²) in [5, 5.41) is 8.93. The van der Waals surface area contributed by atoms with Gasteiger partial charge in [-0.25, -0.2) is 0 Å². The molecule has 4 rings (SSSR count). The van der Waals surface area contributed by atoms with Crippen LogP contribution in [0.5, 0.6) is 0 Å². The Labute approximate surface area is 171 Å². The topological polar surface area (TPSA) is 70.9 Å². The molecule has 0 aliphatic rings. The zero-order chi connectivity index (χ0) is 19.7. The highest BCUT2D eigenvalue weighted by molar-refractivity contribution is 6.39. The van der Waals surface area contributed by atoms with Gasteiger partial charge in [0.05, 0.1) is 10.0 Å². The molecule has 0 aliphatic carbocycles. The Balaban J connectivity index is 1.54. The zero-order valence-corrected chi connectivity index (χ0v) is 16.6. The number of nitrogens with one attached hydrogen (secondary N) is 2. The number of carbonyl (C=O) groups excluding carboxylic acids is 1. The van der Waals surface area contributed by atoms with Crippen molar-refractivity contribution >= 4 is 40.0 Å². The molecule has 2 N–H and O–H groups in total. The van der Waals surface area contributed by atoms with E-state index in [0.29, 0.717) is 45.6 Å². The Hall–Kier alpha value is -2.76. The average Bonchev–Trinajstić information content (AvgIpc) is 3.26. The molecule has 5 nitrogen and oxygen atoms in total. The molecule has 0 radical (unpaired) electrons. The van der Waals surface area contributed by atoms with Gasteiger partial charge < -0.3 is 14.8 Å². The summed E-state index contributed by atoms with van der Waals surface area (Å²) in [5.74, 6) is 0.139. The van der Waals surface area contributed by atoms with Gasteiger partial charge in [0.2, 0.25) is 0 Å². The van der Waals surface area contributed by atoms with Crippen LogP contribution in [-0.2, 0) is 6.42 Å². The summed E-state index contributed by atoms with van der Waals surface area (Å²) in [7, 11) is 0. The number of hydrogen-bond acceptors (Lipinski definition) is 3. The summed E-state index contributed by atoms with van der Waals surface area (Å²) in [6, 6.07) is 13.2. The molecule has 0 saturated heterocycles. The lowest BCUT2D eigenvalue weighted by molar-refractivity contribution is 0.0953. The number of aryl methyl sites for hydroxylation is 1. The Kier molecular flexibility index (Phi) is 5.11. The Morgan fingerprint density at radius 2 is 1.89 bits per heavy atom. The van der Waals surface area contributed by atoms with E-state index >= 15 is 0 Å². The molecule has 1 amide bonds. The first-order valence-electron chi connectivity index (χ1n) is 8.80. The number of H-pyrrole nitrogens is 1. The lowest BCUT2D eigenvalue weighted by atomic mass is 10.1. The number of aromatic amines is 1. The summed E-state index contributed by atoms with van der Waals surface area (Å²) in [4.78, 5) is 16.1. The third-order valence-corrected chi connectivity index (χ3v) is 5.27. The largest absolute Gasteiger partial charge is 0.361 e. The van der Waals surface area contributed by atoms with Crippen LogP contribution in [0.3, 0.4) is 0 Å². The fraction of sp³-hybridized carbons (Fsp3) is 0.143. The number of carbonyl (C=O) groups is 1. The van der Waals surface area contributed by atoms with Gasteiger partial charge in [-0.3, -0.25) is 4.79 Å². The number of hydrogen-bond donors (Lipinski definition) is 2. The number of amides is 1. The minimum absolute atomic E-state index is 0.274. The number of benzene rings is 2. The van der Waals surface area contributed by atoms with Crippen molar-refractivity contribution in [2.75, 3.05) is 6.54 Å². The number of fused-ring (bicyclic) bond motifs is 1. The predicted octanol–water partition coefficient (Wildman–Crippen LogP) is 5.41. The zero-order valence-electron chi connectivity index (χ0n) is 15.1. The summed E-state index contributed by atoms with van der Waals surface area (Å²) in [6.07, 6.45) is 2.67. The van der Waals surface area contributed by atoms with Crippen LogP contribution in [0.4, 0.5) is 0 Å². The van der Waals surface area contributed by atoms with E-state index in [1.54, 1.807) is 25.1 Å². The first-order valence-corrected chi connectivity index (χ1v) is 9.55. The monoisotopic (exact) mass is 413 g/mol. The summed E-state index contributed by atoms with van der Waals surface area (Å²) >= 11 is 12.6. The van der Waals surface area contributed by atoms with Crippen LogP contribution in [0, 0.1) is 6.92 Å². The minimum Gasteiger partial charge on any atom is -0.361 e. The molecular weight excluding hydrogens is 397 g/mol. The molecule has 7 heteroatoms. The lowest BCUT2D eigenvalue weighted by Crippen LogP contribution is -2.26. The average molecular weight is 414 g/mol. The van der Waals surface area contributed by atoms with E-state index in [-0.39, 0.29) is 5.91 Å². The van der Waals surface area contributed by atoms with Gasteiger partial charge in [0.15, 0.2) is 0 Å². The van der Waals surface area contributed by atoms with Crippen molar-refractivity contribution in [3.8, 4) is 11.3 Å². The van der Waals surface area contributed by atoms with Crippen LogP contribution < -0.4 is 5.32 Å². The second-order valence-electron chi connectivity index (χ2n) is 6.42. The molecule has 0 spiro atoms. The second kappa shape index (κ2) is 7.70. The molecule has 2 heterocycles. The number of aromatic nitrogens is 2. The number of halogens is 2. The van der Waals surface area contributed by atoms with Crippen molar-refractivity contribution in [3.05, 3.63) is 75.6 Å². The lowest BCUT2D eigenvalue weighted by Gasteiger charge is -2.08. The van der Waals surface area contributed by atoms with Crippen molar-refractivity contribution in [2.45, 2.75) is 13.3 Å². The normalized spacial score (nSPS) is 11.1. The van der Waals surface area contributed by atoms with Crippen LogP contribution in [0.25, 0.3) is 22.2 Å². The van der Waals surface area contributed by atoms with E-state index in [4.69, 9.17) is 27.7 Å². The van der Waals surface area contributed by atoms with Crippen LogP contribution >= 0.6 is 23.2 Å². The molecule has 0 aliphatic heterocycles. The number of para-hydroxylation sites is 1. The maximum Gasteiger partial charge on any atom is 0.257 e. The summed E-state index contributed by atoms with van der Waals surface area (Å²) < 4.78 is 5.26. The van der Waals surface area contributed by atoms with Gasteiger partial charge in [-0.05, 0) is 37.1 Å². The first kappa shape index (κ1) is 18.6. The highest BCUT2D eigenvalue weighted by Crippen LogP contribution is 2.36. The molecule has 0 fully saturated rings. The smallest absolute Gasteiger partial charge is 0.257 e. The van der Waals surface area contributed by atoms with Gasteiger partial charge in [-0.1, -0.05) is 52.6 Å². The van der Waals surface area contributed by atoms with Gasteiger partial charge in [0, 0.05) is 29.2 Å². The van der Waals surface area contributed by atoms with Crippen molar-refractivity contribution < 1.29 is 9.32 Å². The van der Waals surface area contributed by atoms with Crippen molar-refractivity contribution in [1.29, 1.82) is 0 Å². The van der Waals surface area contributed by atoms with Crippen molar-refractivity contribution in [1.82, 2.24) is 15.5 Å². The Bertz CT molecular complexity index is 1140. The third kappa shape index (κ3) is 3.39. The predicted molar refractivity (Wildman–Crippen MR) is 111 cm³/mol. The van der Waals surface area contributed by atoms with Crippen molar-refractivity contribution in [2.24, 2.45) is 0 Å². The molecule has 2 aromatic heterocycles. The van der Waals surface area contributed by atoms with E-state index in [9.17, 15) is 4.79 Å². The summed E-state index contributed by atoms with van der Waals surface area (Å²) in [5.41, 5.74) is 3.40. The van der Waals surface area contributed by atoms with Crippen molar-refractivity contribution in [3.63, 3.8) is 0 Å². The quantitative estimate of drug-likeness (QED) is 0.459. The Morgan fingerprint density at radius 3 is 2.68 bits per heavy atom. The number of nitrogens with zero attached hydrogens (tertiary/aromatic N) is 1. The molecule has 142 valence electrons. The van der Waals surface area contributed by atoms with Gasteiger partial charge in [-0.2, -0.15) is 0 Å². The SMILES string of the molecule is Cc1onc(-c2c(Cl)cccc2Cl)c1C(=O)NCCc1c[nH]c2ccccc12. The third-order valence-electron chi connectivity index (χ3n) is 4.64. The minimum atomic E-state index is -0.274. The fourth-order valence-electron chi connectivity index (χ4n) is 3.27. The molecule has 0 saturated carbocycles. The maximum atomic E-state index is 12.8. The molecular formula is C21H17Cl2N3O2. The number of rotatable bonds is 5. The van der Waals surface area contributed by atoms with Crippen LogP contribution in [0.1, 0.15) is 21.7 Å². The van der Waals surface area contributed by atoms with E-state index in [0.717, 1.165) is 16.5 Å². The van der Waals surface area contributed by atoms with E-state index in [1.807, 2.05) is 24.4 Å². The van der Waals surface area contributed by atoms with E-state index < -0.39 is 0 Å². The van der Waals surface area contributed by atoms with E-state index in [1.165, 1.54) is 0 Å². The summed E-state index contributed by atoms with van der Waals surface area (Å²) in [6.45, 7) is 2.16. The Morgan fingerprint density at radius 1 is 1.14 bits per heavy atom. The van der Waals surface area contributed by atoms with Crippen LogP contribution in [0.2, 0.25) is 10.0 Å². The molecule has 4 aromatic rings. The maximum absolute atomic E-state index is 12.8. The first-order chi connectivity index (χ1) is 13.6.